The van der Waals surface area contributed by atoms with E-state index in [1.165, 1.54) is 16.0 Å². The Morgan fingerprint density at radius 1 is 1.05 bits per heavy atom. The lowest BCUT2D eigenvalue weighted by Gasteiger charge is -2.12. The number of rotatable bonds is 3. The Morgan fingerprint density at radius 3 is 2.50 bits per heavy atom. The van der Waals surface area contributed by atoms with E-state index in [0.29, 0.717) is 0 Å². The molecule has 0 saturated heterocycles. The highest BCUT2D eigenvalue weighted by molar-refractivity contribution is 7.22. The number of nitrogens with zero attached hydrogens (tertiary/aromatic N) is 2. The summed E-state index contributed by atoms with van der Waals surface area (Å²) in [5.41, 5.74) is 4.57. The van der Waals surface area contributed by atoms with E-state index in [2.05, 4.69) is 64.6 Å². The van der Waals surface area contributed by atoms with Crippen molar-refractivity contribution in [2.45, 2.75) is 6.92 Å². The molecule has 0 saturated carbocycles. The first kappa shape index (κ1) is 12.9. The molecule has 20 heavy (non-hydrogen) atoms. The highest BCUT2D eigenvalue weighted by Gasteiger charge is 2.04. The Balaban J connectivity index is 1.85. The Bertz CT molecular complexity index is 729. The number of aryl methyl sites for hydroxylation is 1. The van der Waals surface area contributed by atoms with Crippen LogP contribution in [0.15, 0.2) is 42.5 Å². The largest absolute Gasteiger partial charge is 0.378 e. The molecule has 0 radical (unpaired) electrons. The molecule has 0 amide bonds. The third-order valence-corrected chi connectivity index (χ3v) is 4.11. The zero-order valence-corrected chi connectivity index (χ0v) is 12.7. The fourth-order valence-corrected chi connectivity index (χ4v) is 3.04. The van der Waals surface area contributed by atoms with Crippen LogP contribution in [0.2, 0.25) is 0 Å². The fraction of sp³-hybridized carbons (Fsp3) is 0.188. The second kappa shape index (κ2) is 5.13. The van der Waals surface area contributed by atoms with Crippen LogP contribution in [0.5, 0.6) is 0 Å². The SMILES string of the molecule is Cc1ccc2nc(Nc3ccc(N(C)C)cc3)sc2c1. The molecular formula is C16H17N3S. The highest BCUT2D eigenvalue weighted by atomic mass is 32.1. The molecule has 3 nitrogen and oxygen atoms in total. The lowest BCUT2D eigenvalue weighted by Crippen LogP contribution is -2.08. The zero-order valence-electron chi connectivity index (χ0n) is 11.8. The van der Waals surface area contributed by atoms with Crippen molar-refractivity contribution in [2.24, 2.45) is 0 Å². The van der Waals surface area contributed by atoms with E-state index in [9.17, 15) is 0 Å². The average molecular weight is 283 g/mol. The van der Waals surface area contributed by atoms with E-state index in [4.69, 9.17) is 0 Å². The molecule has 0 unspecified atom stereocenters. The van der Waals surface area contributed by atoms with E-state index in [1.54, 1.807) is 11.3 Å². The van der Waals surface area contributed by atoms with E-state index in [-0.39, 0.29) is 0 Å². The summed E-state index contributed by atoms with van der Waals surface area (Å²) in [4.78, 5) is 6.69. The van der Waals surface area contributed by atoms with Crippen molar-refractivity contribution in [3.05, 3.63) is 48.0 Å². The van der Waals surface area contributed by atoms with Crippen molar-refractivity contribution < 1.29 is 0 Å². The molecule has 0 spiro atoms. The molecule has 1 N–H and O–H groups in total. The van der Waals surface area contributed by atoms with Crippen LogP contribution in [0, 0.1) is 6.92 Å². The van der Waals surface area contributed by atoms with Gasteiger partial charge in [0.1, 0.15) is 0 Å². The van der Waals surface area contributed by atoms with Crippen LogP contribution < -0.4 is 10.2 Å². The predicted octanol–water partition coefficient (Wildman–Crippen LogP) is 4.41. The Morgan fingerprint density at radius 2 is 1.80 bits per heavy atom. The van der Waals surface area contributed by atoms with Crippen LogP contribution >= 0.6 is 11.3 Å². The number of fused-ring (bicyclic) bond motifs is 1. The van der Waals surface area contributed by atoms with Gasteiger partial charge in [-0.15, -0.1) is 0 Å². The topological polar surface area (TPSA) is 28.2 Å². The Kier molecular flexibility index (Phi) is 3.32. The molecular weight excluding hydrogens is 266 g/mol. The summed E-state index contributed by atoms with van der Waals surface area (Å²) in [6, 6.07) is 14.7. The second-order valence-electron chi connectivity index (χ2n) is 5.06. The smallest absolute Gasteiger partial charge is 0.188 e. The van der Waals surface area contributed by atoms with Crippen molar-refractivity contribution in [1.29, 1.82) is 0 Å². The molecule has 1 aromatic heterocycles. The molecule has 102 valence electrons. The van der Waals surface area contributed by atoms with Crippen LogP contribution in [0.1, 0.15) is 5.56 Å². The van der Waals surface area contributed by atoms with Gasteiger partial charge in [0.25, 0.3) is 0 Å². The van der Waals surface area contributed by atoms with Crippen LogP contribution in [-0.2, 0) is 0 Å². The quantitative estimate of drug-likeness (QED) is 0.771. The monoisotopic (exact) mass is 283 g/mol. The molecule has 1 heterocycles. The van der Waals surface area contributed by atoms with Gasteiger partial charge in [-0.2, -0.15) is 0 Å². The van der Waals surface area contributed by atoms with Crippen LogP contribution in [0.3, 0.4) is 0 Å². The molecule has 0 aliphatic carbocycles. The number of thiazole rings is 1. The van der Waals surface area contributed by atoms with Gasteiger partial charge in [-0.1, -0.05) is 17.4 Å². The van der Waals surface area contributed by atoms with E-state index < -0.39 is 0 Å². The summed E-state index contributed by atoms with van der Waals surface area (Å²) in [6.45, 7) is 2.10. The van der Waals surface area contributed by atoms with Gasteiger partial charge >= 0.3 is 0 Å². The number of hydrogen-bond donors (Lipinski definition) is 1. The zero-order chi connectivity index (χ0) is 14.1. The molecule has 0 atom stereocenters. The van der Waals surface area contributed by atoms with Crippen LogP contribution in [0.4, 0.5) is 16.5 Å². The minimum absolute atomic E-state index is 0.934. The maximum absolute atomic E-state index is 4.60. The van der Waals surface area contributed by atoms with Gasteiger partial charge in [0.2, 0.25) is 0 Å². The molecule has 0 fully saturated rings. The van der Waals surface area contributed by atoms with E-state index >= 15 is 0 Å². The van der Waals surface area contributed by atoms with Gasteiger partial charge in [-0.05, 0) is 48.9 Å². The number of anilines is 3. The summed E-state index contributed by atoms with van der Waals surface area (Å²) in [7, 11) is 4.08. The van der Waals surface area contributed by atoms with Crippen LogP contribution in [0.25, 0.3) is 10.2 Å². The number of benzene rings is 2. The number of nitrogens with one attached hydrogen (secondary N) is 1. The minimum Gasteiger partial charge on any atom is -0.378 e. The maximum Gasteiger partial charge on any atom is 0.188 e. The minimum atomic E-state index is 0.934. The van der Waals surface area contributed by atoms with Crippen LogP contribution in [-0.4, -0.2) is 19.1 Å². The predicted molar refractivity (Wildman–Crippen MR) is 88.4 cm³/mol. The first-order chi connectivity index (χ1) is 9.61. The highest BCUT2D eigenvalue weighted by Crippen LogP contribution is 2.29. The first-order valence-electron chi connectivity index (χ1n) is 6.53. The van der Waals surface area contributed by atoms with Gasteiger partial charge in [0, 0.05) is 25.5 Å². The molecule has 0 aliphatic rings. The first-order valence-corrected chi connectivity index (χ1v) is 7.35. The number of hydrogen-bond acceptors (Lipinski definition) is 4. The van der Waals surface area contributed by atoms with Crippen molar-refractivity contribution in [2.75, 3.05) is 24.3 Å². The summed E-state index contributed by atoms with van der Waals surface area (Å²) in [6.07, 6.45) is 0. The summed E-state index contributed by atoms with van der Waals surface area (Å²) in [5.74, 6) is 0. The molecule has 3 rings (SSSR count). The average Bonchev–Trinajstić information content (AvgIpc) is 2.80. The van der Waals surface area contributed by atoms with Crippen molar-refractivity contribution in [1.82, 2.24) is 4.98 Å². The third-order valence-electron chi connectivity index (χ3n) is 3.18. The van der Waals surface area contributed by atoms with Gasteiger partial charge in [0.15, 0.2) is 5.13 Å². The normalized spacial score (nSPS) is 10.8. The summed E-state index contributed by atoms with van der Waals surface area (Å²) >= 11 is 1.68. The Hall–Kier alpha value is -2.07. The molecule has 0 bridgehead atoms. The standard InChI is InChI=1S/C16H17N3S/c1-11-4-9-14-15(10-11)20-16(18-14)17-12-5-7-13(8-6-12)19(2)3/h4-10H,1-3H3,(H,17,18). The third kappa shape index (κ3) is 2.60. The van der Waals surface area contributed by atoms with Gasteiger partial charge in [-0.25, -0.2) is 4.98 Å². The fourth-order valence-electron chi connectivity index (χ4n) is 2.05. The summed E-state index contributed by atoms with van der Waals surface area (Å²) < 4.78 is 1.22. The molecule has 2 aromatic carbocycles. The van der Waals surface area contributed by atoms with Gasteiger partial charge in [0.05, 0.1) is 10.2 Å². The van der Waals surface area contributed by atoms with Crippen molar-refractivity contribution in [3.8, 4) is 0 Å². The lowest BCUT2D eigenvalue weighted by molar-refractivity contribution is 1.13. The van der Waals surface area contributed by atoms with Gasteiger partial charge in [-0.3, -0.25) is 0 Å². The maximum atomic E-state index is 4.60. The van der Waals surface area contributed by atoms with E-state index in [0.717, 1.165) is 16.3 Å². The van der Waals surface area contributed by atoms with Crippen molar-refractivity contribution >= 4 is 38.1 Å². The summed E-state index contributed by atoms with van der Waals surface area (Å²) in [5, 5.41) is 4.30. The van der Waals surface area contributed by atoms with Crippen molar-refractivity contribution in [3.63, 3.8) is 0 Å². The van der Waals surface area contributed by atoms with Gasteiger partial charge < -0.3 is 10.2 Å². The molecule has 4 heteroatoms. The molecule has 3 aromatic rings. The Labute approximate surface area is 122 Å². The number of aromatic nitrogens is 1. The molecule has 0 aliphatic heterocycles. The second-order valence-corrected chi connectivity index (χ2v) is 6.09. The van der Waals surface area contributed by atoms with E-state index in [1.807, 2.05) is 14.1 Å². The lowest BCUT2D eigenvalue weighted by atomic mass is 10.2.